The van der Waals surface area contributed by atoms with E-state index in [0.717, 1.165) is 37.1 Å². The Bertz CT molecular complexity index is 1100. The molecule has 1 fully saturated rings. The molecule has 0 saturated carbocycles. The quantitative estimate of drug-likeness (QED) is 0.536. The maximum absolute atomic E-state index is 12.8. The molecule has 0 aliphatic carbocycles. The summed E-state index contributed by atoms with van der Waals surface area (Å²) in [6.45, 7) is 6.28. The molecule has 1 aliphatic heterocycles. The smallest absolute Gasteiger partial charge is 0.241 e. The number of hydrogen-bond donors (Lipinski definition) is 1. The second kappa shape index (κ2) is 10.7. The molecule has 2 heterocycles. The minimum Gasteiger partial charge on any atom is -0.493 e. The SMILES string of the molecule is COc1ccc(-c2noc(CN3CCC(C(=O)NC(C)c4ccc(C)cc4)CC3)n2)cc1OC. The summed E-state index contributed by atoms with van der Waals surface area (Å²) in [6, 6.07) is 13.8. The molecule has 0 radical (unpaired) electrons. The van der Waals surface area contributed by atoms with E-state index in [1.807, 2.05) is 25.1 Å². The van der Waals surface area contributed by atoms with Crippen LogP contribution in [0.5, 0.6) is 11.5 Å². The molecule has 1 atom stereocenters. The molecule has 1 aromatic heterocycles. The molecule has 1 saturated heterocycles. The average Bonchev–Trinajstić information content (AvgIpc) is 3.32. The van der Waals surface area contributed by atoms with Crippen molar-refractivity contribution in [3.05, 3.63) is 59.5 Å². The summed E-state index contributed by atoms with van der Waals surface area (Å²) in [4.78, 5) is 19.6. The highest BCUT2D eigenvalue weighted by molar-refractivity contribution is 5.79. The fourth-order valence-corrected chi connectivity index (χ4v) is 4.23. The van der Waals surface area contributed by atoms with Gasteiger partial charge in [-0.3, -0.25) is 9.69 Å². The fraction of sp³-hybridized carbons (Fsp3) is 0.423. The van der Waals surface area contributed by atoms with Gasteiger partial charge in [0, 0.05) is 11.5 Å². The predicted molar refractivity (Wildman–Crippen MR) is 129 cm³/mol. The van der Waals surface area contributed by atoms with Crippen LogP contribution in [-0.4, -0.2) is 48.3 Å². The Hall–Kier alpha value is -3.39. The molecule has 1 amide bonds. The van der Waals surface area contributed by atoms with Crippen LogP contribution < -0.4 is 14.8 Å². The molecule has 0 spiro atoms. The normalized spacial score (nSPS) is 15.6. The number of rotatable bonds is 8. The molecule has 1 aliphatic rings. The van der Waals surface area contributed by atoms with E-state index in [2.05, 4.69) is 51.5 Å². The molecular weight excluding hydrogens is 432 g/mol. The monoisotopic (exact) mass is 464 g/mol. The molecule has 8 heteroatoms. The van der Waals surface area contributed by atoms with Gasteiger partial charge < -0.3 is 19.3 Å². The molecule has 1 N–H and O–H groups in total. The number of hydrogen-bond acceptors (Lipinski definition) is 7. The summed E-state index contributed by atoms with van der Waals surface area (Å²) < 4.78 is 16.1. The van der Waals surface area contributed by atoms with E-state index in [0.29, 0.717) is 29.8 Å². The van der Waals surface area contributed by atoms with Gasteiger partial charge in [0.2, 0.25) is 17.6 Å². The van der Waals surface area contributed by atoms with Crippen LogP contribution in [0.3, 0.4) is 0 Å². The summed E-state index contributed by atoms with van der Waals surface area (Å²) in [5.74, 6) is 2.48. The maximum Gasteiger partial charge on any atom is 0.241 e. The summed E-state index contributed by atoms with van der Waals surface area (Å²) in [7, 11) is 3.19. The van der Waals surface area contributed by atoms with Crippen molar-refractivity contribution in [3.8, 4) is 22.9 Å². The highest BCUT2D eigenvalue weighted by Gasteiger charge is 2.27. The van der Waals surface area contributed by atoms with Crippen molar-refractivity contribution >= 4 is 5.91 Å². The van der Waals surface area contributed by atoms with Crippen LogP contribution in [0.25, 0.3) is 11.4 Å². The van der Waals surface area contributed by atoms with E-state index >= 15 is 0 Å². The summed E-state index contributed by atoms with van der Waals surface area (Å²) in [6.07, 6.45) is 1.62. The third-order valence-electron chi connectivity index (χ3n) is 6.36. The third-order valence-corrected chi connectivity index (χ3v) is 6.36. The lowest BCUT2D eigenvalue weighted by Gasteiger charge is -2.30. The predicted octanol–water partition coefficient (Wildman–Crippen LogP) is 4.15. The number of carbonyl (C=O) groups is 1. The van der Waals surface area contributed by atoms with Gasteiger partial charge >= 0.3 is 0 Å². The number of methoxy groups -OCH3 is 2. The number of amides is 1. The molecule has 180 valence electrons. The van der Waals surface area contributed by atoms with E-state index in [4.69, 9.17) is 14.0 Å². The van der Waals surface area contributed by atoms with Crippen LogP contribution in [-0.2, 0) is 11.3 Å². The van der Waals surface area contributed by atoms with Crippen LogP contribution in [0, 0.1) is 12.8 Å². The second-order valence-electron chi connectivity index (χ2n) is 8.77. The highest BCUT2D eigenvalue weighted by atomic mass is 16.5. The lowest BCUT2D eigenvalue weighted by atomic mass is 9.95. The Kier molecular flexibility index (Phi) is 7.47. The van der Waals surface area contributed by atoms with Crippen molar-refractivity contribution < 1.29 is 18.8 Å². The zero-order valence-electron chi connectivity index (χ0n) is 20.2. The largest absolute Gasteiger partial charge is 0.493 e. The van der Waals surface area contributed by atoms with Crippen molar-refractivity contribution in [3.63, 3.8) is 0 Å². The minimum atomic E-state index is -0.000442. The standard InChI is InChI=1S/C26H32N4O4/c1-17-5-7-19(8-6-17)18(2)27-26(31)20-11-13-30(14-12-20)16-24-28-25(29-34-24)21-9-10-22(32-3)23(15-21)33-4/h5-10,15,18,20H,11-14,16H2,1-4H3,(H,27,31). The lowest BCUT2D eigenvalue weighted by molar-refractivity contribution is -0.127. The first kappa shape index (κ1) is 23.8. The Morgan fingerprint density at radius 2 is 1.82 bits per heavy atom. The Morgan fingerprint density at radius 1 is 1.12 bits per heavy atom. The number of nitrogens with zero attached hydrogens (tertiary/aromatic N) is 3. The van der Waals surface area contributed by atoms with Crippen LogP contribution in [0.15, 0.2) is 47.0 Å². The molecular formula is C26H32N4O4. The number of aryl methyl sites for hydroxylation is 1. The summed E-state index contributed by atoms with van der Waals surface area (Å²) in [5, 5.41) is 7.29. The van der Waals surface area contributed by atoms with E-state index < -0.39 is 0 Å². The van der Waals surface area contributed by atoms with Gasteiger partial charge in [-0.25, -0.2) is 0 Å². The zero-order chi connectivity index (χ0) is 24.1. The average molecular weight is 465 g/mol. The molecule has 0 bridgehead atoms. The Morgan fingerprint density at radius 3 is 2.50 bits per heavy atom. The number of aromatic nitrogens is 2. The van der Waals surface area contributed by atoms with Gasteiger partial charge in [0.05, 0.1) is 26.8 Å². The summed E-state index contributed by atoms with van der Waals surface area (Å²) in [5.41, 5.74) is 3.13. The van der Waals surface area contributed by atoms with Gasteiger partial charge in [-0.15, -0.1) is 0 Å². The Labute approximate surface area is 200 Å². The van der Waals surface area contributed by atoms with E-state index in [9.17, 15) is 4.79 Å². The molecule has 1 unspecified atom stereocenters. The summed E-state index contributed by atoms with van der Waals surface area (Å²) >= 11 is 0. The van der Waals surface area contributed by atoms with Crippen molar-refractivity contribution in [2.75, 3.05) is 27.3 Å². The Balaban J connectivity index is 1.28. The molecule has 8 nitrogen and oxygen atoms in total. The van der Waals surface area contributed by atoms with Gasteiger partial charge in [-0.05, 0) is 63.5 Å². The van der Waals surface area contributed by atoms with E-state index in [1.165, 1.54) is 5.56 Å². The number of carbonyl (C=O) groups excluding carboxylic acids is 1. The molecule has 2 aromatic carbocycles. The lowest BCUT2D eigenvalue weighted by Crippen LogP contribution is -2.40. The number of likely N-dealkylation sites (tertiary alicyclic amines) is 1. The van der Waals surface area contributed by atoms with Gasteiger partial charge in [0.25, 0.3) is 0 Å². The molecule has 3 aromatic rings. The van der Waals surface area contributed by atoms with Gasteiger partial charge in [-0.1, -0.05) is 35.0 Å². The van der Waals surface area contributed by atoms with Crippen molar-refractivity contribution in [2.24, 2.45) is 5.92 Å². The maximum atomic E-state index is 12.8. The van der Waals surface area contributed by atoms with Gasteiger partial charge in [0.15, 0.2) is 11.5 Å². The highest BCUT2D eigenvalue weighted by Crippen LogP contribution is 2.31. The van der Waals surface area contributed by atoms with Gasteiger partial charge in [-0.2, -0.15) is 4.98 Å². The number of benzene rings is 2. The van der Waals surface area contributed by atoms with Crippen LogP contribution in [0.1, 0.15) is 42.8 Å². The first-order chi connectivity index (χ1) is 16.5. The first-order valence-electron chi connectivity index (χ1n) is 11.6. The topological polar surface area (TPSA) is 89.7 Å². The van der Waals surface area contributed by atoms with Crippen molar-refractivity contribution in [1.29, 1.82) is 0 Å². The number of ether oxygens (including phenoxy) is 2. The molecule has 34 heavy (non-hydrogen) atoms. The molecule has 4 rings (SSSR count). The van der Waals surface area contributed by atoms with E-state index in [-0.39, 0.29) is 17.9 Å². The third kappa shape index (κ3) is 5.56. The zero-order valence-corrected chi connectivity index (χ0v) is 20.2. The van der Waals surface area contributed by atoms with Crippen LogP contribution >= 0.6 is 0 Å². The van der Waals surface area contributed by atoms with Crippen molar-refractivity contribution in [2.45, 2.75) is 39.3 Å². The minimum absolute atomic E-state index is 0.000442. The first-order valence-corrected chi connectivity index (χ1v) is 11.6. The number of piperidine rings is 1. The second-order valence-corrected chi connectivity index (χ2v) is 8.77. The van der Waals surface area contributed by atoms with E-state index in [1.54, 1.807) is 14.2 Å². The van der Waals surface area contributed by atoms with Gasteiger partial charge in [0.1, 0.15) is 0 Å². The van der Waals surface area contributed by atoms with Crippen molar-refractivity contribution in [1.82, 2.24) is 20.4 Å². The van der Waals surface area contributed by atoms with Crippen LogP contribution in [0.2, 0.25) is 0 Å². The number of nitrogens with one attached hydrogen (secondary N) is 1. The fourth-order valence-electron chi connectivity index (χ4n) is 4.23. The van der Waals surface area contributed by atoms with Crippen LogP contribution in [0.4, 0.5) is 0 Å².